The summed E-state index contributed by atoms with van der Waals surface area (Å²) in [5, 5.41) is 3.28. The number of methoxy groups -OCH3 is 1. The predicted octanol–water partition coefficient (Wildman–Crippen LogP) is 2.92. The second-order valence-electron chi connectivity index (χ2n) is 4.48. The molecule has 0 aliphatic carbocycles. The number of amides is 1. The van der Waals surface area contributed by atoms with Crippen LogP contribution in [-0.2, 0) is 16.1 Å². The highest BCUT2D eigenvalue weighted by molar-refractivity contribution is 7.13. The minimum absolute atomic E-state index is 0.199. The number of hydrogen-bond donors (Lipinski definition) is 1. The summed E-state index contributed by atoms with van der Waals surface area (Å²) < 4.78 is 9.75. The van der Waals surface area contributed by atoms with Crippen molar-refractivity contribution in [1.82, 2.24) is 10.3 Å². The lowest BCUT2D eigenvalue weighted by molar-refractivity contribution is 0.0606. The number of esters is 1. The van der Waals surface area contributed by atoms with Crippen molar-refractivity contribution >= 4 is 23.4 Å². The number of benzene rings is 1. The smallest absolute Gasteiger partial charge is 0.408 e. The quantitative estimate of drug-likeness (QED) is 0.857. The molecule has 0 radical (unpaired) electrons. The number of aromatic nitrogens is 1. The standard InChI is InChI=1S/C15H16N2O4S/c1-10(13-16-8-12(22-13)14(18)20-2)17-15(19)21-9-11-6-4-3-5-7-11/h3-8,10H,9H2,1-2H3,(H,17,19)/t10-/m0/s1. The fourth-order valence-electron chi connectivity index (χ4n) is 1.69. The van der Waals surface area contributed by atoms with Gasteiger partial charge in [0.1, 0.15) is 16.5 Å². The number of rotatable bonds is 5. The van der Waals surface area contributed by atoms with Gasteiger partial charge in [0.05, 0.1) is 19.3 Å². The van der Waals surface area contributed by atoms with E-state index in [0.717, 1.165) is 5.56 Å². The van der Waals surface area contributed by atoms with E-state index in [1.165, 1.54) is 24.6 Å². The topological polar surface area (TPSA) is 77.5 Å². The van der Waals surface area contributed by atoms with Crippen LogP contribution in [0.15, 0.2) is 36.5 Å². The Morgan fingerprint density at radius 3 is 2.73 bits per heavy atom. The molecule has 0 spiro atoms. The molecule has 1 amide bonds. The molecule has 1 N–H and O–H groups in total. The van der Waals surface area contributed by atoms with Crippen molar-refractivity contribution in [2.24, 2.45) is 0 Å². The van der Waals surface area contributed by atoms with Crippen LogP contribution >= 0.6 is 11.3 Å². The Labute approximate surface area is 132 Å². The second-order valence-corrected chi connectivity index (χ2v) is 5.54. The van der Waals surface area contributed by atoms with Gasteiger partial charge in [-0.1, -0.05) is 30.3 Å². The molecule has 0 bridgehead atoms. The molecular weight excluding hydrogens is 304 g/mol. The lowest BCUT2D eigenvalue weighted by Crippen LogP contribution is -2.27. The zero-order chi connectivity index (χ0) is 15.9. The molecular formula is C15H16N2O4S. The first kappa shape index (κ1) is 16.0. The molecule has 0 fully saturated rings. The number of carbonyl (C=O) groups excluding carboxylic acids is 2. The Balaban J connectivity index is 1.85. The SMILES string of the molecule is COC(=O)c1cnc([C@H](C)NC(=O)OCc2ccccc2)s1. The van der Waals surface area contributed by atoms with Crippen LogP contribution in [0.3, 0.4) is 0 Å². The predicted molar refractivity (Wildman–Crippen MR) is 81.6 cm³/mol. The Bertz CT molecular complexity index is 642. The van der Waals surface area contributed by atoms with Crippen LogP contribution < -0.4 is 5.32 Å². The number of nitrogens with zero attached hydrogens (tertiary/aromatic N) is 1. The number of hydrogen-bond acceptors (Lipinski definition) is 6. The van der Waals surface area contributed by atoms with Crippen LogP contribution in [0.2, 0.25) is 0 Å². The molecule has 2 aromatic rings. The molecule has 22 heavy (non-hydrogen) atoms. The fraction of sp³-hybridized carbons (Fsp3) is 0.267. The van der Waals surface area contributed by atoms with Gasteiger partial charge in [0, 0.05) is 0 Å². The molecule has 7 heteroatoms. The van der Waals surface area contributed by atoms with Crippen molar-refractivity contribution in [2.75, 3.05) is 7.11 Å². The third-order valence-electron chi connectivity index (χ3n) is 2.83. The highest BCUT2D eigenvalue weighted by Crippen LogP contribution is 2.20. The van der Waals surface area contributed by atoms with Crippen LogP contribution in [0.4, 0.5) is 4.79 Å². The van der Waals surface area contributed by atoms with E-state index in [2.05, 4.69) is 15.0 Å². The van der Waals surface area contributed by atoms with Crippen molar-refractivity contribution in [1.29, 1.82) is 0 Å². The molecule has 1 heterocycles. The molecule has 0 unspecified atom stereocenters. The third kappa shape index (κ3) is 4.29. The summed E-state index contributed by atoms with van der Waals surface area (Å²) in [6, 6.07) is 9.05. The molecule has 0 aliphatic rings. The third-order valence-corrected chi connectivity index (χ3v) is 3.99. The van der Waals surface area contributed by atoms with Gasteiger partial charge < -0.3 is 14.8 Å². The van der Waals surface area contributed by atoms with E-state index < -0.39 is 12.1 Å². The molecule has 1 aromatic carbocycles. The van der Waals surface area contributed by atoms with E-state index in [9.17, 15) is 9.59 Å². The first-order valence-electron chi connectivity index (χ1n) is 6.61. The maximum absolute atomic E-state index is 11.7. The van der Waals surface area contributed by atoms with Gasteiger partial charge in [0.25, 0.3) is 0 Å². The zero-order valence-corrected chi connectivity index (χ0v) is 13.1. The van der Waals surface area contributed by atoms with Crippen LogP contribution in [0.25, 0.3) is 0 Å². The summed E-state index contributed by atoms with van der Waals surface area (Å²) in [5.41, 5.74) is 0.910. The van der Waals surface area contributed by atoms with E-state index >= 15 is 0 Å². The molecule has 0 saturated carbocycles. The summed E-state index contributed by atoms with van der Waals surface area (Å²) in [5.74, 6) is -0.442. The first-order valence-corrected chi connectivity index (χ1v) is 7.43. The fourth-order valence-corrected chi connectivity index (χ4v) is 2.52. The molecule has 1 aromatic heterocycles. The maximum Gasteiger partial charge on any atom is 0.408 e. The van der Waals surface area contributed by atoms with Crippen molar-refractivity contribution in [3.05, 3.63) is 52.0 Å². The second kappa shape index (κ2) is 7.56. The minimum Gasteiger partial charge on any atom is -0.465 e. The van der Waals surface area contributed by atoms with Crippen LogP contribution in [0.5, 0.6) is 0 Å². The number of carbonyl (C=O) groups is 2. The van der Waals surface area contributed by atoms with Gasteiger partial charge in [-0.05, 0) is 12.5 Å². The first-order chi connectivity index (χ1) is 10.6. The lowest BCUT2D eigenvalue weighted by Gasteiger charge is -2.11. The summed E-state index contributed by atoms with van der Waals surface area (Å²) >= 11 is 1.17. The van der Waals surface area contributed by atoms with Gasteiger partial charge in [-0.3, -0.25) is 0 Å². The van der Waals surface area contributed by atoms with E-state index in [4.69, 9.17) is 4.74 Å². The summed E-state index contributed by atoms with van der Waals surface area (Å²) in [6.45, 7) is 1.97. The van der Waals surface area contributed by atoms with Crippen LogP contribution in [0, 0.1) is 0 Å². The van der Waals surface area contributed by atoms with E-state index in [-0.39, 0.29) is 12.6 Å². The number of ether oxygens (including phenoxy) is 2. The Kier molecular flexibility index (Phi) is 5.48. The Morgan fingerprint density at radius 1 is 1.32 bits per heavy atom. The average Bonchev–Trinajstić information content (AvgIpc) is 3.03. The maximum atomic E-state index is 11.7. The Morgan fingerprint density at radius 2 is 2.05 bits per heavy atom. The molecule has 1 atom stereocenters. The highest BCUT2D eigenvalue weighted by Gasteiger charge is 2.17. The number of nitrogens with one attached hydrogen (secondary N) is 1. The van der Waals surface area contributed by atoms with E-state index in [0.29, 0.717) is 9.88 Å². The summed E-state index contributed by atoms with van der Waals surface area (Å²) in [6.07, 6.45) is 0.894. The Hall–Kier alpha value is -2.41. The van der Waals surface area contributed by atoms with Gasteiger partial charge in [-0.2, -0.15) is 0 Å². The molecule has 6 nitrogen and oxygen atoms in total. The van der Waals surface area contributed by atoms with Gasteiger partial charge in [-0.25, -0.2) is 14.6 Å². The normalized spacial score (nSPS) is 11.5. The summed E-state index contributed by atoms with van der Waals surface area (Å²) in [7, 11) is 1.31. The van der Waals surface area contributed by atoms with Crippen LogP contribution in [-0.4, -0.2) is 24.2 Å². The average molecular weight is 320 g/mol. The van der Waals surface area contributed by atoms with Gasteiger partial charge in [0.15, 0.2) is 0 Å². The lowest BCUT2D eigenvalue weighted by atomic mass is 10.2. The van der Waals surface area contributed by atoms with Crippen molar-refractivity contribution < 1.29 is 19.1 Å². The van der Waals surface area contributed by atoms with E-state index in [1.807, 2.05) is 30.3 Å². The van der Waals surface area contributed by atoms with E-state index in [1.54, 1.807) is 6.92 Å². The largest absolute Gasteiger partial charge is 0.465 e. The highest BCUT2D eigenvalue weighted by atomic mass is 32.1. The number of thiazole rings is 1. The van der Waals surface area contributed by atoms with Crippen molar-refractivity contribution in [3.63, 3.8) is 0 Å². The van der Waals surface area contributed by atoms with Crippen molar-refractivity contribution in [3.8, 4) is 0 Å². The monoisotopic (exact) mass is 320 g/mol. The minimum atomic E-state index is -0.536. The van der Waals surface area contributed by atoms with Gasteiger partial charge in [-0.15, -0.1) is 11.3 Å². The zero-order valence-electron chi connectivity index (χ0n) is 12.2. The van der Waals surface area contributed by atoms with Gasteiger partial charge >= 0.3 is 12.1 Å². The van der Waals surface area contributed by atoms with Crippen LogP contribution in [0.1, 0.15) is 33.2 Å². The molecule has 2 rings (SSSR count). The molecule has 116 valence electrons. The summed E-state index contributed by atoms with van der Waals surface area (Å²) in [4.78, 5) is 27.6. The number of alkyl carbamates (subject to hydrolysis) is 1. The molecule has 0 aliphatic heterocycles. The van der Waals surface area contributed by atoms with Gasteiger partial charge in [0.2, 0.25) is 0 Å². The van der Waals surface area contributed by atoms with Crippen molar-refractivity contribution in [2.45, 2.75) is 19.6 Å². The molecule has 0 saturated heterocycles.